The van der Waals surface area contributed by atoms with Gasteiger partial charge in [-0.15, -0.1) is 0 Å². The average Bonchev–Trinajstić information content (AvgIpc) is 3.53. The number of aromatic nitrogens is 4. The van der Waals surface area contributed by atoms with Crippen LogP contribution in [0.25, 0.3) is 44.2 Å². The van der Waals surface area contributed by atoms with Crippen molar-refractivity contribution in [3.63, 3.8) is 0 Å². The first kappa shape index (κ1) is 21.1. The minimum Gasteiger partial charge on any atom is -0.350 e. The highest BCUT2D eigenvalue weighted by molar-refractivity contribution is 7.92. The standard InChI is InChI=1S/C26H18FN5O2S/c27-18-8-6-16(7-9-18)21-13-29-26-25(24(21)17-4-2-1-3-5-17)20-12-19(10-11-22(20)31-26)32-35(33,34)23-14-28-15-30-23/h1-15,32H,(H,28,30)(H,29,31). The van der Waals surface area contributed by atoms with Crippen molar-refractivity contribution in [2.24, 2.45) is 0 Å². The molecule has 0 fully saturated rings. The summed E-state index contributed by atoms with van der Waals surface area (Å²) in [4.78, 5) is 14.5. The molecule has 0 saturated carbocycles. The smallest absolute Gasteiger partial charge is 0.280 e. The summed E-state index contributed by atoms with van der Waals surface area (Å²) in [5.74, 6) is -0.315. The Balaban J connectivity index is 1.60. The molecule has 0 amide bonds. The SMILES string of the molecule is O=S(=O)(Nc1ccc2[nH]c3ncc(-c4ccc(F)cc4)c(-c4ccccc4)c3c2c1)c1c[nH]cn1. The minimum atomic E-state index is -3.85. The number of nitrogens with zero attached hydrogens (tertiary/aromatic N) is 2. The second-order valence-electron chi connectivity index (χ2n) is 8.04. The van der Waals surface area contributed by atoms with Gasteiger partial charge in [0.25, 0.3) is 10.0 Å². The van der Waals surface area contributed by atoms with Crippen molar-refractivity contribution in [1.29, 1.82) is 0 Å². The third-order valence-corrected chi connectivity index (χ3v) is 7.12. The number of halogens is 1. The molecule has 0 aliphatic carbocycles. The normalized spacial score (nSPS) is 11.8. The van der Waals surface area contributed by atoms with Crippen LogP contribution in [0.4, 0.5) is 10.1 Å². The summed E-state index contributed by atoms with van der Waals surface area (Å²) in [5.41, 5.74) is 5.41. The van der Waals surface area contributed by atoms with Gasteiger partial charge in [-0.05, 0) is 41.5 Å². The Morgan fingerprint density at radius 1 is 0.886 bits per heavy atom. The fourth-order valence-electron chi connectivity index (χ4n) is 4.27. The number of nitrogens with one attached hydrogen (secondary N) is 3. The predicted octanol–water partition coefficient (Wildman–Crippen LogP) is 5.71. The lowest BCUT2D eigenvalue weighted by atomic mass is 9.93. The molecule has 6 rings (SSSR count). The minimum absolute atomic E-state index is 0.0956. The monoisotopic (exact) mass is 483 g/mol. The van der Waals surface area contributed by atoms with E-state index in [1.54, 1.807) is 30.5 Å². The van der Waals surface area contributed by atoms with Crippen molar-refractivity contribution in [3.8, 4) is 22.3 Å². The average molecular weight is 484 g/mol. The number of fused-ring (bicyclic) bond motifs is 3. The van der Waals surface area contributed by atoms with E-state index in [1.165, 1.54) is 24.7 Å². The molecule has 3 N–H and O–H groups in total. The maximum absolute atomic E-state index is 13.6. The first-order valence-electron chi connectivity index (χ1n) is 10.8. The molecule has 0 spiro atoms. The van der Waals surface area contributed by atoms with Crippen molar-refractivity contribution in [1.82, 2.24) is 19.9 Å². The van der Waals surface area contributed by atoms with E-state index in [-0.39, 0.29) is 10.8 Å². The highest BCUT2D eigenvalue weighted by Crippen LogP contribution is 2.41. The van der Waals surface area contributed by atoms with Crippen LogP contribution in [0.2, 0.25) is 0 Å². The van der Waals surface area contributed by atoms with Crippen LogP contribution in [0.1, 0.15) is 0 Å². The number of sulfonamides is 1. The molecule has 35 heavy (non-hydrogen) atoms. The summed E-state index contributed by atoms with van der Waals surface area (Å²) in [5, 5.41) is 1.55. The molecule has 3 aromatic heterocycles. The maximum Gasteiger partial charge on any atom is 0.280 e. The van der Waals surface area contributed by atoms with E-state index in [0.717, 1.165) is 38.5 Å². The predicted molar refractivity (Wildman–Crippen MR) is 134 cm³/mol. The molecule has 0 unspecified atom stereocenters. The van der Waals surface area contributed by atoms with E-state index >= 15 is 0 Å². The Morgan fingerprint density at radius 3 is 2.43 bits per heavy atom. The van der Waals surface area contributed by atoms with Gasteiger partial charge in [-0.2, -0.15) is 8.42 Å². The summed E-state index contributed by atoms with van der Waals surface area (Å²) in [7, 11) is -3.85. The van der Waals surface area contributed by atoms with E-state index in [9.17, 15) is 12.8 Å². The number of hydrogen-bond donors (Lipinski definition) is 3. The second-order valence-corrected chi connectivity index (χ2v) is 9.67. The Hall–Kier alpha value is -4.50. The molecule has 0 saturated heterocycles. The topological polar surface area (TPSA) is 104 Å². The van der Waals surface area contributed by atoms with Crippen LogP contribution in [0.15, 0.2) is 96.5 Å². The van der Waals surface area contributed by atoms with E-state index in [2.05, 4.69) is 24.7 Å². The number of H-pyrrole nitrogens is 2. The van der Waals surface area contributed by atoms with E-state index in [0.29, 0.717) is 11.3 Å². The highest BCUT2D eigenvalue weighted by Gasteiger charge is 2.20. The fraction of sp³-hybridized carbons (Fsp3) is 0. The fourth-order valence-corrected chi connectivity index (χ4v) is 5.23. The molecule has 9 heteroatoms. The lowest BCUT2D eigenvalue weighted by molar-refractivity contribution is 0.598. The highest BCUT2D eigenvalue weighted by atomic mass is 32.2. The van der Waals surface area contributed by atoms with E-state index < -0.39 is 10.0 Å². The van der Waals surface area contributed by atoms with Crippen LogP contribution in [-0.2, 0) is 10.0 Å². The van der Waals surface area contributed by atoms with E-state index in [4.69, 9.17) is 0 Å². The van der Waals surface area contributed by atoms with Gasteiger partial charge in [0.05, 0.1) is 6.33 Å². The molecule has 3 heterocycles. The van der Waals surface area contributed by atoms with Crippen LogP contribution < -0.4 is 4.72 Å². The Labute approximate surface area is 199 Å². The lowest BCUT2D eigenvalue weighted by Crippen LogP contribution is -2.13. The zero-order chi connectivity index (χ0) is 24.0. The number of rotatable bonds is 5. The van der Waals surface area contributed by atoms with Crippen molar-refractivity contribution >= 4 is 37.6 Å². The summed E-state index contributed by atoms with van der Waals surface area (Å²) in [6, 6.07) is 21.4. The van der Waals surface area contributed by atoms with Gasteiger partial charge >= 0.3 is 0 Å². The number of imidazole rings is 1. The summed E-state index contributed by atoms with van der Waals surface area (Å²) < 4.78 is 41.7. The Bertz CT molecular complexity index is 1780. The van der Waals surface area contributed by atoms with Gasteiger partial charge < -0.3 is 9.97 Å². The summed E-state index contributed by atoms with van der Waals surface area (Å²) in [6.07, 6.45) is 4.40. The molecule has 0 atom stereocenters. The Morgan fingerprint density at radius 2 is 1.69 bits per heavy atom. The van der Waals surface area contributed by atoms with Gasteiger partial charge in [0.1, 0.15) is 11.5 Å². The van der Waals surface area contributed by atoms with Crippen molar-refractivity contribution < 1.29 is 12.8 Å². The molecule has 0 bridgehead atoms. The summed E-state index contributed by atoms with van der Waals surface area (Å²) >= 11 is 0. The zero-order valence-corrected chi connectivity index (χ0v) is 19.0. The number of pyridine rings is 1. The largest absolute Gasteiger partial charge is 0.350 e. The molecular weight excluding hydrogens is 465 g/mol. The quantitative estimate of drug-likeness (QED) is 0.292. The van der Waals surface area contributed by atoms with Crippen molar-refractivity contribution in [3.05, 3.63) is 97.3 Å². The first-order chi connectivity index (χ1) is 17.0. The molecule has 172 valence electrons. The van der Waals surface area contributed by atoms with E-state index in [1.807, 2.05) is 36.4 Å². The van der Waals surface area contributed by atoms with Gasteiger partial charge in [0.2, 0.25) is 0 Å². The van der Waals surface area contributed by atoms with Crippen molar-refractivity contribution in [2.45, 2.75) is 5.03 Å². The van der Waals surface area contributed by atoms with Crippen LogP contribution in [-0.4, -0.2) is 28.4 Å². The van der Waals surface area contributed by atoms with Crippen LogP contribution in [0, 0.1) is 5.82 Å². The molecule has 0 aliphatic heterocycles. The number of benzene rings is 3. The Kier molecular flexibility index (Phi) is 4.85. The molecule has 0 aliphatic rings. The van der Waals surface area contributed by atoms with Gasteiger partial charge in [-0.3, -0.25) is 4.72 Å². The van der Waals surface area contributed by atoms with Crippen LogP contribution in [0.3, 0.4) is 0 Å². The molecule has 0 radical (unpaired) electrons. The van der Waals surface area contributed by atoms with Gasteiger partial charge in [0, 0.05) is 45.5 Å². The third kappa shape index (κ3) is 3.71. The van der Waals surface area contributed by atoms with Gasteiger partial charge in [0.15, 0.2) is 5.03 Å². The number of hydrogen-bond acceptors (Lipinski definition) is 4. The van der Waals surface area contributed by atoms with Gasteiger partial charge in [-0.1, -0.05) is 42.5 Å². The molecule has 3 aromatic carbocycles. The maximum atomic E-state index is 13.6. The molecule has 7 nitrogen and oxygen atoms in total. The first-order valence-corrected chi connectivity index (χ1v) is 12.3. The number of aromatic amines is 2. The van der Waals surface area contributed by atoms with Crippen LogP contribution >= 0.6 is 0 Å². The zero-order valence-electron chi connectivity index (χ0n) is 18.2. The lowest BCUT2D eigenvalue weighted by Gasteiger charge is -2.12. The summed E-state index contributed by atoms with van der Waals surface area (Å²) in [6.45, 7) is 0. The molecular formula is C26H18FN5O2S. The van der Waals surface area contributed by atoms with Crippen LogP contribution in [0.5, 0.6) is 0 Å². The van der Waals surface area contributed by atoms with Gasteiger partial charge in [-0.25, -0.2) is 14.4 Å². The third-order valence-electron chi connectivity index (χ3n) is 5.84. The number of anilines is 1. The second kappa shape index (κ2) is 8.07. The molecule has 6 aromatic rings. The van der Waals surface area contributed by atoms with Crippen molar-refractivity contribution in [2.75, 3.05) is 4.72 Å².